The number of amides is 1. The molecule has 1 saturated heterocycles. The zero-order valence-electron chi connectivity index (χ0n) is 13.6. The van der Waals surface area contributed by atoms with Crippen molar-refractivity contribution in [1.29, 1.82) is 0 Å². The lowest BCUT2D eigenvalue weighted by molar-refractivity contribution is -0.153. The first kappa shape index (κ1) is 17.3. The van der Waals surface area contributed by atoms with Crippen molar-refractivity contribution in [2.24, 2.45) is 11.8 Å². The SMILES string of the molecule is CCC(CC1CCCCC1)C(=O)NC1(C(=O)O)CCOCC1. The van der Waals surface area contributed by atoms with E-state index in [0.29, 0.717) is 32.0 Å². The van der Waals surface area contributed by atoms with Gasteiger partial charge in [-0.15, -0.1) is 0 Å². The average molecular weight is 311 g/mol. The number of hydrogen-bond donors (Lipinski definition) is 2. The number of nitrogens with one attached hydrogen (secondary N) is 1. The van der Waals surface area contributed by atoms with Crippen LogP contribution in [0.25, 0.3) is 0 Å². The van der Waals surface area contributed by atoms with Crippen LogP contribution < -0.4 is 5.32 Å². The van der Waals surface area contributed by atoms with Crippen molar-refractivity contribution >= 4 is 11.9 Å². The molecule has 1 unspecified atom stereocenters. The number of ether oxygens (including phenoxy) is 1. The molecule has 1 amide bonds. The normalized spacial score (nSPS) is 23.7. The highest BCUT2D eigenvalue weighted by atomic mass is 16.5. The van der Waals surface area contributed by atoms with Gasteiger partial charge in [-0.05, 0) is 18.8 Å². The molecule has 5 heteroatoms. The van der Waals surface area contributed by atoms with Gasteiger partial charge < -0.3 is 15.2 Å². The molecule has 1 aliphatic carbocycles. The summed E-state index contributed by atoms with van der Waals surface area (Å²) < 4.78 is 5.25. The summed E-state index contributed by atoms with van der Waals surface area (Å²) in [7, 11) is 0. The highest BCUT2D eigenvalue weighted by Crippen LogP contribution is 2.31. The number of carbonyl (C=O) groups excluding carboxylic acids is 1. The van der Waals surface area contributed by atoms with Gasteiger partial charge in [0.2, 0.25) is 5.91 Å². The smallest absolute Gasteiger partial charge is 0.329 e. The molecule has 0 radical (unpaired) electrons. The largest absolute Gasteiger partial charge is 0.480 e. The number of carbonyl (C=O) groups is 2. The molecule has 1 heterocycles. The monoisotopic (exact) mass is 311 g/mol. The Morgan fingerprint density at radius 3 is 2.41 bits per heavy atom. The summed E-state index contributed by atoms with van der Waals surface area (Å²) in [6.45, 7) is 2.81. The van der Waals surface area contributed by atoms with Crippen molar-refractivity contribution in [2.75, 3.05) is 13.2 Å². The molecule has 2 aliphatic rings. The lowest BCUT2D eigenvalue weighted by atomic mass is 9.81. The summed E-state index contributed by atoms with van der Waals surface area (Å²) in [6.07, 6.45) is 8.63. The van der Waals surface area contributed by atoms with E-state index in [1.807, 2.05) is 6.92 Å². The van der Waals surface area contributed by atoms with E-state index in [-0.39, 0.29) is 11.8 Å². The first-order chi connectivity index (χ1) is 10.6. The first-order valence-corrected chi connectivity index (χ1v) is 8.70. The molecule has 2 N–H and O–H groups in total. The third-order valence-corrected chi connectivity index (χ3v) is 5.32. The van der Waals surface area contributed by atoms with Crippen LogP contribution >= 0.6 is 0 Å². The molecule has 0 aromatic carbocycles. The number of carboxylic acid groups (broad SMARTS) is 1. The Hall–Kier alpha value is -1.10. The van der Waals surface area contributed by atoms with E-state index in [4.69, 9.17) is 4.74 Å². The molecular formula is C17H29NO4. The molecule has 126 valence electrons. The van der Waals surface area contributed by atoms with E-state index >= 15 is 0 Å². The van der Waals surface area contributed by atoms with Crippen molar-refractivity contribution in [2.45, 2.75) is 70.3 Å². The van der Waals surface area contributed by atoms with Crippen LogP contribution in [-0.2, 0) is 14.3 Å². The molecule has 2 rings (SSSR count). The quantitative estimate of drug-likeness (QED) is 0.791. The minimum atomic E-state index is -1.13. The highest BCUT2D eigenvalue weighted by molar-refractivity contribution is 5.88. The molecular weight excluding hydrogens is 282 g/mol. The van der Waals surface area contributed by atoms with E-state index in [1.54, 1.807) is 0 Å². The van der Waals surface area contributed by atoms with Gasteiger partial charge in [0.05, 0.1) is 0 Å². The molecule has 1 aliphatic heterocycles. The Morgan fingerprint density at radius 1 is 1.23 bits per heavy atom. The van der Waals surface area contributed by atoms with Gasteiger partial charge in [0.15, 0.2) is 0 Å². The molecule has 2 fully saturated rings. The predicted molar refractivity (Wildman–Crippen MR) is 83.5 cm³/mol. The lowest BCUT2D eigenvalue weighted by Crippen LogP contribution is -2.58. The fourth-order valence-corrected chi connectivity index (χ4v) is 3.73. The predicted octanol–water partition coefficient (Wildman–Crippen LogP) is 2.73. The van der Waals surface area contributed by atoms with Crippen molar-refractivity contribution < 1.29 is 19.4 Å². The van der Waals surface area contributed by atoms with Crippen LogP contribution in [0.5, 0.6) is 0 Å². The van der Waals surface area contributed by atoms with E-state index < -0.39 is 11.5 Å². The maximum Gasteiger partial charge on any atom is 0.329 e. The number of hydrogen-bond acceptors (Lipinski definition) is 3. The van der Waals surface area contributed by atoms with Crippen molar-refractivity contribution in [3.8, 4) is 0 Å². The summed E-state index contributed by atoms with van der Waals surface area (Å²) in [5.74, 6) is -0.462. The van der Waals surface area contributed by atoms with Gasteiger partial charge in [-0.25, -0.2) is 4.79 Å². The summed E-state index contributed by atoms with van der Waals surface area (Å²) in [5.41, 5.74) is -1.13. The summed E-state index contributed by atoms with van der Waals surface area (Å²) in [6, 6.07) is 0. The first-order valence-electron chi connectivity index (χ1n) is 8.70. The van der Waals surface area contributed by atoms with Gasteiger partial charge in [0.1, 0.15) is 5.54 Å². The van der Waals surface area contributed by atoms with Crippen molar-refractivity contribution in [1.82, 2.24) is 5.32 Å². The van der Waals surface area contributed by atoms with Gasteiger partial charge in [-0.1, -0.05) is 39.0 Å². The van der Waals surface area contributed by atoms with E-state index in [9.17, 15) is 14.7 Å². The Labute approximate surface area is 132 Å². The fraction of sp³-hybridized carbons (Fsp3) is 0.882. The van der Waals surface area contributed by atoms with E-state index in [2.05, 4.69) is 5.32 Å². The molecule has 0 bridgehead atoms. The third kappa shape index (κ3) is 4.22. The number of carboxylic acids is 1. The second-order valence-electron chi connectivity index (χ2n) is 6.83. The zero-order valence-corrected chi connectivity index (χ0v) is 13.6. The summed E-state index contributed by atoms with van der Waals surface area (Å²) in [5, 5.41) is 12.4. The highest BCUT2D eigenvalue weighted by Gasteiger charge is 2.42. The summed E-state index contributed by atoms with van der Waals surface area (Å²) in [4.78, 5) is 24.3. The number of aliphatic carboxylic acids is 1. The van der Waals surface area contributed by atoms with Crippen LogP contribution in [0, 0.1) is 11.8 Å². The summed E-state index contributed by atoms with van der Waals surface area (Å²) >= 11 is 0. The third-order valence-electron chi connectivity index (χ3n) is 5.32. The van der Waals surface area contributed by atoms with Crippen molar-refractivity contribution in [3.63, 3.8) is 0 Å². The van der Waals surface area contributed by atoms with Crippen LogP contribution in [0.4, 0.5) is 0 Å². The average Bonchev–Trinajstić information content (AvgIpc) is 2.54. The minimum absolute atomic E-state index is 0.0674. The molecule has 22 heavy (non-hydrogen) atoms. The standard InChI is InChI=1S/C17H29NO4/c1-2-14(12-13-6-4-3-5-7-13)15(19)18-17(16(20)21)8-10-22-11-9-17/h13-14H,2-12H2,1H3,(H,18,19)(H,20,21). The van der Waals surface area contributed by atoms with E-state index in [1.165, 1.54) is 32.1 Å². The van der Waals surface area contributed by atoms with Crippen LogP contribution in [0.15, 0.2) is 0 Å². The van der Waals surface area contributed by atoms with Gasteiger partial charge in [-0.3, -0.25) is 4.79 Å². The van der Waals surface area contributed by atoms with Gasteiger partial charge >= 0.3 is 5.97 Å². The Bertz CT molecular complexity index is 384. The maximum atomic E-state index is 12.6. The molecule has 5 nitrogen and oxygen atoms in total. The van der Waals surface area contributed by atoms with Crippen LogP contribution in [0.2, 0.25) is 0 Å². The molecule has 0 spiro atoms. The molecule has 1 atom stereocenters. The van der Waals surface area contributed by atoms with Crippen molar-refractivity contribution in [3.05, 3.63) is 0 Å². The second kappa shape index (κ2) is 7.95. The fourth-order valence-electron chi connectivity index (χ4n) is 3.73. The van der Waals surface area contributed by atoms with Gasteiger partial charge in [-0.2, -0.15) is 0 Å². The minimum Gasteiger partial charge on any atom is -0.480 e. The van der Waals surface area contributed by atoms with Gasteiger partial charge in [0.25, 0.3) is 0 Å². The van der Waals surface area contributed by atoms with Gasteiger partial charge in [0, 0.05) is 32.0 Å². The Balaban J connectivity index is 1.96. The molecule has 1 saturated carbocycles. The topological polar surface area (TPSA) is 75.6 Å². The van der Waals surface area contributed by atoms with Crippen LogP contribution in [0.1, 0.15) is 64.7 Å². The Morgan fingerprint density at radius 2 is 1.86 bits per heavy atom. The zero-order chi connectivity index (χ0) is 16.0. The second-order valence-corrected chi connectivity index (χ2v) is 6.83. The van der Waals surface area contributed by atoms with E-state index in [0.717, 1.165) is 12.8 Å². The number of rotatable bonds is 6. The molecule has 0 aromatic rings. The van der Waals surface area contributed by atoms with Crippen LogP contribution in [-0.4, -0.2) is 35.7 Å². The molecule has 0 aromatic heterocycles. The van der Waals surface area contributed by atoms with Crippen LogP contribution in [0.3, 0.4) is 0 Å². The lowest BCUT2D eigenvalue weighted by Gasteiger charge is -2.35. The Kier molecular flexibility index (Phi) is 6.24. The maximum absolute atomic E-state index is 12.6.